The van der Waals surface area contributed by atoms with Crippen molar-refractivity contribution in [2.45, 2.75) is 64.4 Å². The van der Waals surface area contributed by atoms with Gasteiger partial charge in [-0.1, -0.05) is 51.1 Å². The van der Waals surface area contributed by atoms with Crippen LogP contribution in [0.2, 0.25) is 18.1 Å². The normalized spacial score (nSPS) is 14.1. The molecule has 0 heterocycles. The highest BCUT2D eigenvalue weighted by Crippen LogP contribution is 2.36. The first kappa shape index (κ1) is 19.4. The fourth-order valence-corrected chi connectivity index (χ4v) is 2.89. The van der Waals surface area contributed by atoms with E-state index >= 15 is 0 Å². The van der Waals surface area contributed by atoms with Gasteiger partial charge in [-0.2, -0.15) is 0 Å². The van der Waals surface area contributed by atoms with E-state index in [1.807, 2.05) is 18.2 Å². The maximum absolute atomic E-state index is 6.16. The van der Waals surface area contributed by atoms with Crippen LogP contribution in [-0.2, 0) is 15.8 Å². The first-order valence-corrected chi connectivity index (χ1v) is 11.1. The lowest BCUT2D eigenvalue weighted by atomic mass is 10.2. The van der Waals surface area contributed by atoms with Gasteiger partial charge in [0.15, 0.2) is 8.32 Å². The van der Waals surface area contributed by atoms with Crippen LogP contribution in [0.5, 0.6) is 0 Å². The molecule has 1 aromatic carbocycles. The van der Waals surface area contributed by atoms with E-state index in [-0.39, 0.29) is 11.1 Å². The van der Waals surface area contributed by atoms with Gasteiger partial charge in [-0.3, -0.25) is 0 Å². The van der Waals surface area contributed by atoms with Crippen molar-refractivity contribution in [1.29, 1.82) is 0 Å². The van der Waals surface area contributed by atoms with Crippen LogP contribution in [0.25, 0.3) is 0 Å². The van der Waals surface area contributed by atoms with E-state index < -0.39 is 8.32 Å². The van der Waals surface area contributed by atoms with Crippen molar-refractivity contribution in [2.75, 3.05) is 13.2 Å². The van der Waals surface area contributed by atoms with Gasteiger partial charge < -0.3 is 14.9 Å². The fourth-order valence-electron chi connectivity index (χ4n) is 1.83. The third kappa shape index (κ3) is 7.05. The van der Waals surface area contributed by atoms with E-state index in [1.165, 1.54) is 5.56 Å². The molecule has 1 rings (SSSR count). The van der Waals surface area contributed by atoms with Gasteiger partial charge in [0.25, 0.3) is 0 Å². The first-order chi connectivity index (χ1) is 10.2. The molecule has 0 aliphatic carbocycles. The van der Waals surface area contributed by atoms with Crippen LogP contribution in [-0.4, -0.2) is 27.6 Å². The van der Waals surface area contributed by atoms with Gasteiger partial charge >= 0.3 is 0 Å². The van der Waals surface area contributed by atoms with Gasteiger partial charge in [-0.15, -0.1) is 0 Å². The molecule has 2 N–H and O–H groups in total. The molecule has 22 heavy (non-hydrogen) atoms. The molecule has 0 saturated carbocycles. The second-order valence-corrected chi connectivity index (χ2v) is 12.3. The van der Waals surface area contributed by atoms with Crippen LogP contribution < -0.4 is 5.73 Å². The molecule has 0 amide bonds. The van der Waals surface area contributed by atoms with Crippen LogP contribution >= 0.6 is 0 Å². The van der Waals surface area contributed by atoms with E-state index in [9.17, 15) is 0 Å². The topological polar surface area (TPSA) is 44.5 Å². The Morgan fingerprint density at radius 2 is 1.77 bits per heavy atom. The average molecular weight is 324 g/mol. The van der Waals surface area contributed by atoms with Gasteiger partial charge in [0, 0.05) is 19.3 Å². The van der Waals surface area contributed by atoms with Crippen LogP contribution in [0, 0.1) is 0 Å². The summed E-state index contributed by atoms with van der Waals surface area (Å²) in [7, 11) is -1.68. The van der Waals surface area contributed by atoms with Crippen molar-refractivity contribution < 1.29 is 9.16 Å². The van der Waals surface area contributed by atoms with Crippen molar-refractivity contribution in [3.8, 4) is 0 Å². The smallest absolute Gasteiger partial charge is 0.192 e. The Bertz CT molecular complexity index is 415. The Balaban J connectivity index is 2.12. The molecule has 0 bridgehead atoms. The molecule has 126 valence electrons. The Morgan fingerprint density at radius 1 is 1.14 bits per heavy atom. The lowest BCUT2D eigenvalue weighted by Gasteiger charge is -2.36. The molecular formula is C18H33NO2Si. The summed E-state index contributed by atoms with van der Waals surface area (Å²) in [6.45, 7) is 13.4. The third-order valence-electron chi connectivity index (χ3n) is 4.44. The number of ether oxygens (including phenoxy) is 1. The highest BCUT2D eigenvalue weighted by Gasteiger charge is 2.37. The molecule has 0 aromatic heterocycles. The zero-order chi connectivity index (χ0) is 16.6. The molecular weight excluding hydrogens is 290 g/mol. The van der Waals surface area contributed by atoms with Crippen molar-refractivity contribution in [3.05, 3.63) is 35.9 Å². The summed E-state index contributed by atoms with van der Waals surface area (Å²) in [4.78, 5) is 0. The van der Waals surface area contributed by atoms with E-state index in [4.69, 9.17) is 14.9 Å². The minimum absolute atomic E-state index is 0.106. The van der Waals surface area contributed by atoms with Crippen molar-refractivity contribution in [1.82, 2.24) is 0 Å². The van der Waals surface area contributed by atoms with Gasteiger partial charge in [0.2, 0.25) is 0 Å². The zero-order valence-electron chi connectivity index (χ0n) is 14.9. The average Bonchev–Trinajstić information content (AvgIpc) is 2.45. The molecule has 3 nitrogen and oxygen atoms in total. The SMILES string of the molecule is CC(C)(C)[Si](C)(C)OCC(N)CCCOCc1ccccc1. The second kappa shape index (κ2) is 8.82. The second-order valence-electron chi connectivity index (χ2n) is 7.51. The molecule has 1 aromatic rings. The summed E-state index contributed by atoms with van der Waals surface area (Å²) in [5.41, 5.74) is 7.37. The fraction of sp³-hybridized carbons (Fsp3) is 0.667. The van der Waals surface area contributed by atoms with Crippen LogP contribution in [0.15, 0.2) is 30.3 Å². The lowest BCUT2D eigenvalue weighted by Crippen LogP contribution is -2.44. The Labute approximate surface area is 137 Å². The minimum atomic E-state index is -1.68. The monoisotopic (exact) mass is 323 g/mol. The standard InChI is InChI=1S/C18H33NO2Si/c1-18(2,3)22(4,5)21-15-17(19)12-9-13-20-14-16-10-7-6-8-11-16/h6-8,10-11,17H,9,12-15,19H2,1-5H3. The summed E-state index contributed by atoms with van der Waals surface area (Å²) < 4.78 is 11.8. The van der Waals surface area contributed by atoms with Crippen LogP contribution in [0.1, 0.15) is 39.2 Å². The predicted octanol–water partition coefficient (Wildman–Crippen LogP) is 4.33. The Morgan fingerprint density at radius 3 is 2.36 bits per heavy atom. The summed E-state index contributed by atoms with van der Waals surface area (Å²) in [5.74, 6) is 0. The molecule has 0 aliphatic heterocycles. The highest BCUT2D eigenvalue weighted by atomic mass is 28.4. The van der Waals surface area contributed by atoms with Gasteiger partial charge in [-0.05, 0) is 36.5 Å². The van der Waals surface area contributed by atoms with Crippen LogP contribution in [0.3, 0.4) is 0 Å². The van der Waals surface area contributed by atoms with Crippen molar-refractivity contribution in [2.24, 2.45) is 5.73 Å². The highest BCUT2D eigenvalue weighted by molar-refractivity contribution is 6.74. The molecule has 4 heteroatoms. The maximum Gasteiger partial charge on any atom is 0.192 e. The summed E-state index contributed by atoms with van der Waals surface area (Å²) >= 11 is 0. The van der Waals surface area contributed by atoms with E-state index in [1.54, 1.807) is 0 Å². The minimum Gasteiger partial charge on any atom is -0.415 e. The van der Waals surface area contributed by atoms with E-state index in [0.717, 1.165) is 19.4 Å². The summed E-state index contributed by atoms with van der Waals surface area (Å²) in [6, 6.07) is 10.4. The molecule has 0 aliphatic rings. The summed E-state index contributed by atoms with van der Waals surface area (Å²) in [6.07, 6.45) is 1.93. The molecule has 1 unspecified atom stereocenters. The predicted molar refractivity (Wildman–Crippen MR) is 96.5 cm³/mol. The third-order valence-corrected chi connectivity index (χ3v) is 8.94. The largest absolute Gasteiger partial charge is 0.415 e. The van der Waals surface area contributed by atoms with E-state index in [2.05, 4.69) is 46.0 Å². The number of hydrogen-bond acceptors (Lipinski definition) is 3. The Kier molecular flexibility index (Phi) is 7.76. The van der Waals surface area contributed by atoms with Crippen molar-refractivity contribution >= 4 is 8.32 Å². The van der Waals surface area contributed by atoms with Gasteiger partial charge in [0.1, 0.15) is 0 Å². The Hall–Kier alpha value is -0.683. The number of rotatable bonds is 9. The van der Waals surface area contributed by atoms with Gasteiger partial charge in [-0.25, -0.2) is 0 Å². The van der Waals surface area contributed by atoms with Gasteiger partial charge in [0.05, 0.1) is 6.61 Å². The number of hydrogen-bond donors (Lipinski definition) is 1. The maximum atomic E-state index is 6.16. The van der Waals surface area contributed by atoms with Crippen molar-refractivity contribution in [3.63, 3.8) is 0 Å². The summed E-state index contributed by atoms with van der Waals surface area (Å²) in [5, 5.41) is 0.242. The number of nitrogens with two attached hydrogens (primary N) is 1. The van der Waals surface area contributed by atoms with E-state index in [0.29, 0.717) is 13.2 Å². The first-order valence-electron chi connectivity index (χ1n) is 8.23. The quantitative estimate of drug-likeness (QED) is 0.543. The molecule has 0 radical (unpaired) electrons. The lowest BCUT2D eigenvalue weighted by molar-refractivity contribution is 0.114. The molecule has 0 spiro atoms. The zero-order valence-corrected chi connectivity index (χ0v) is 15.9. The molecule has 0 saturated heterocycles. The van der Waals surface area contributed by atoms with Crippen LogP contribution in [0.4, 0.5) is 0 Å². The number of benzene rings is 1. The molecule has 0 fully saturated rings. The molecule has 1 atom stereocenters.